The van der Waals surface area contributed by atoms with Crippen LogP contribution in [0.1, 0.15) is 0 Å². The molecule has 0 bridgehead atoms. The predicted molar refractivity (Wildman–Crippen MR) is 36.0 cm³/mol. The summed E-state index contributed by atoms with van der Waals surface area (Å²) in [5.74, 6) is -2.22. The highest BCUT2D eigenvalue weighted by molar-refractivity contribution is 5.90. The maximum absolute atomic E-state index is 10.5. The number of rotatable bonds is 4. The van der Waals surface area contributed by atoms with Gasteiger partial charge >= 0.3 is 11.9 Å². The summed E-state index contributed by atoms with van der Waals surface area (Å²) in [6.07, 6.45) is -0.483. The summed E-state index contributed by atoms with van der Waals surface area (Å²) >= 11 is 0. The Morgan fingerprint density at radius 1 is 1.33 bits per heavy atom. The molecule has 68 valence electrons. The molecule has 12 heavy (non-hydrogen) atoms. The zero-order chi connectivity index (χ0) is 9.56. The van der Waals surface area contributed by atoms with Crippen LogP contribution in [0, 0.1) is 0 Å². The molecule has 0 aliphatic rings. The lowest BCUT2D eigenvalue weighted by Crippen LogP contribution is -2.16. The van der Waals surface area contributed by atoms with E-state index in [-0.39, 0.29) is 0 Å². The Hall–Kier alpha value is -1.40. The van der Waals surface area contributed by atoms with Crippen molar-refractivity contribution in [2.45, 2.75) is 6.29 Å². The first kappa shape index (κ1) is 10.6. The van der Waals surface area contributed by atoms with Gasteiger partial charge in [0.05, 0.1) is 0 Å². The van der Waals surface area contributed by atoms with E-state index in [4.69, 9.17) is 15.3 Å². The quantitative estimate of drug-likeness (QED) is 0.273. The van der Waals surface area contributed by atoms with Crippen LogP contribution >= 0.6 is 0 Å². The van der Waals surface area contributed by atoms with Gasteiger partial charge in [0.2, 0.25) is 0 Å². The van der Waals surface area contributed by atoms with Crippen molar-refractivity contribution in [3.05, 3.63) is 12.2 Å². The molecule has 0 saturated heterocycles. The number of carboxylic acid groups (broad SMARTS) is 1. The summed E-state index contributed by atoms with van der Waals surface area (Å²) in [7, 11) is 0. The molecule has 0 heterocycles. The van der Waals surface area contributed by atoms with Gasteiger partial charge < -0.3 is 20.1 Å². The monoisotopic (exact) mass is 176 g/mol. The van der Waals surface area contributed by atoms with Crippen molar-refractivity contribution in [1.82, 2.24) is 0 Å². The van der Waals surface area contributed by atoms with Crippen molar-refractivity contribution in [3.8, 4) is 0 Å². The van der Waals surface area contributed by atoms with Crippen molar-refractivity contribution >= 4 is 11.9 Å². The molecule has 0 aliphatic heterocycles. The van der Waals surface area contributed by atoms with Gasteiger partial charge in [-0.15, -0.1) is 0 Å². The number of aliphatic hydroxyl groups is 2. The first-order valence-corrected chi connectivity index (χ1v) is 2.96. The standard InChI is InChI=1S/C6H8O6/c7-4(8)1-2-6(11)12-3-5(9)10/h1-2,5,9-10H,3H2,(H,7,8). The molecule has 6 heteroatoms. The molecular formula is C6H8O6. The molecule has 0 aliphatic carbocycles. The van der Waals surface area contributed by atoms with Gasteiger partial charge in [0.15, 0.2) is 6.29 Å². The van der Waals surface area contributed by atoms with E-state index in [1.807, 2.05) is 0 Å². The zero-order valence-electron chi connectivity index (χ0n) is 6.01. The predicted octanol–water partition coefficient (Wildman–Crippen LogP) is -1.52. The highest BCUT2D eigenvalue weighted by Gasteiger charge is 2.01. The van der Waals surface area contributed by atoms with Crippen LogP contribution in [0.5, 0.6) is 0 Å². The summed E-state index contributed by atoms with van der Waals surface area (Å²) in [5, 5.41) is 24.5. The maximum atomic E-state index is 10.5. The molecule has 0 radical (unpaired) electrons. The normalized spacial score (nSPS) is 10.6. The molecule has 0 amide bonds. The van der Waals surface area contributed by atoms with E-state index in [1.54, 1.807) is 0 Å². The van der Waals surface area contributed by atoms with E-state index in [9.17, 15) is 9.59 Å². The highest BCUT2D eigenvalue weighted by Crippen LogP contribution is 1.84. The Morgan fingerprint density at radius 3 is 2.33 bits per heavy atom. The lowest BCUT2D eigenvalue weighted by atomic mass is 10.5. The topological polar surface area (TPSA) is 104 Å². The lowest BCUT2D eigenvalue weighted by molar-refractivity contribution is -0.151. The first-order chi connectivity index (χ1) is 5.52. The fourth-order valence-electron chi connectivity index (χ4n) is 0.344. The van der Waals surface area contributed by atoms with Gasteiger partial charge in [0.1, 0.15) is 6.61 Å². The molecule has 0 spiro atoms. The molecule has 0 unspecified atom stereocenters. The minimum atomic E-state index is -1.74. The van der Waals surface area contributed by atoms with E-state index < -0.39 is 24.8 Å². The molecule has 0 fully saturated rings. The van der Waals surface area contributed by atoms with Crippen LogP contribution in [0.4, 0.5) is 0 Å². The third-order valence-electron chi connectivity index (χ3n) is 0.737. The molecule has 0 saturated carbocycles. The Bertz CT molecular complexity index is 194. The number of carbonyl (C=O) groups is 2. The average molecular weight is 176 g/mol. The second-order valence-corrected chi connectivity index (χ2v) is 1.78. The number of hydrogen-bond acceptors (Lipinski definition) is 5. The largest absolute Gasteiger partial charge is 0.478 e. The summed E-state index contributed by atoms with van der Waals surface area (Å²) in [6.45, 7) is -0.581. The van der Waals surface area contributed by atoms with Crippen LogP contribution in [-0.4, -0.2) is 40.2 Å². The van der Waals surface area contributed by atoms with Gasteiger partial charge in [0, 0.05) is 12.2 Å². The molecular weight excluding hydrogens is 168 g/mol. The Labute approximate surface area is 67.7 Å². The molecule has 0 aromatic heterocycles. The second-order valence-electron chi connectivity index (χ2n) is 1.78. The number of hydrogen-bond donors (Lipinski definition) is 3. The minimum Gasteiger partial charge on any atom is -0.478 e. The average Bonchev–Trinajstić information content (AvgIpc) is 1.96. The van der Waals surface area contributed by atoms with Crippen LogP contribution in [0.2, 0.25) is 0 Å². The number of aliphatic hydroxyl groups excluding tert-OH is 1. The number of carbonyl (C=O) groups excluding carboxylic acids is 1. The second kappa shape index (κ2) is 5.28. The maximum Gasteiger partial charge on any atom is 0.331 e. The number of aliphatic carboxylic acids is 1. The van der Waals surface area contributed by atoms with Crippen molar-refractivity contribution < 1.29 is 29.6 Å². The smallest absolute Gasteiger partial charge is 0.331 e. The summed E-state index contributed by atoms with van der Waals surface area (Å²) in [4.78, 5) is 20.3. The van der Waals surface area contributed by atoms with E-state index in [0.29, 0.717) is 12.2 Å². The van der Waals surface area contributed by atoms with Crippen molar-refractivity contribution in [2.24, 2.45) is 0 Å². The molecule has 0 atom stereocenters. The van der Waals surface area contributed by atoms with E-state index >= 15 is 0 Å². The zero-order valence-corrected chi connectivity index (χ0v) is 6.01. The number of ether oxygens (including phenoxy) is 1. The van der Waals surface area contributed by atoms with Gasteiger partial charge in [-0.3, -0.25) is 0 Å². The van der Waals surface area contributed by atoms with Crippen LogP contribution in [0.3, 0.4) is 0 Å². The van der Waals surface area contributed by atoms with Gasteiger partial charge in [-0.25, -0.2) is 9.59 Å². The van der Waals surface area contributed by atoms with Crippen molar-refractivity contribution in [2.75, 3.05) is 6.61 Å². The number of esters is 1. The third-order valence-corrected chi connectivity index (χ3v) is 0.737. The molecule has 6 nitrogen and oxygen atoms in total. The van der Waals surface area contributed by atoms with Crippen LogP contribution in [-0.2, 0) is 14.3 Å². The molecule has 0 aromatic rings. The van der Waals surface area contributed by atoms with Gasteiger partial charge in [-0.05, 0) is 0 Å². The Kier molecular flexibility index (Phi) is 4.66. The number of carboxylic acids is 1. The van der Waals surface area contributed by atoms with Gasteiger partial charge in [-0.2, -0.15) is 0 Å². The lowest BCUT2D eigenvalue weighted by Gasteiger charge is -2.01. The van der Waals surface area contributed by atoms with Crippen molar-refractivity contribution in [3.63, 3.8) is 0 Å². The van der Waals surface area contributed by atoms with Crippen LogP contribution in [0.25, 0.3) is 0 Å². The van der Waals surface area contributed by atoms with Gasteiger partial charge in [-0.1, -0.05) is 0 Å². The highest BCUT2D eigenvalue weighted by atomic mass is 16.6. The Morgan fingerprint density at radius 2 is 1.92 bits per heavy atom. The van der Waals surface area contributed by atoms with E-state index in [0.717, 1.165) is 0 Å². The van der Waals surface area contributed by atoms with Crippen LogP contribution in [0.15, 0.2) is 12.2 Å². The van der Waals surface area contributed by atoms with E-state index in [1.165, 1.54) is 0 Å². The minimum absolute atomic E-state index is 0.581. The third kappa shape index (κ3) is 6.72. The van der Waals surface area contributed by atoms with Crippen LogP contribution < -0.4 is 0 Å². The molecule has 0 aromatic carbocycles. The summed E-state index contributed by atoms with van der Waals surface area (Å²) in [5.41, 5.74) is 0. The fraction of sp³-hybridized carbons (Fsp3) is 0.333. The summed E-state index contributed by atoms with van der Waals surface area (Å²) < 4.78 is 4.16. The summed E-state index contributed by atoms with van der Waals surface area (Å²) in [6, 6.07) is 0. The van der Waals surface area contributed by atoms with Gasteiger partial charge in [0.25, 0.3) is 0 Å². The fourth-order valence-corrected chi connectivity index (χ4v) is 0.344. The molecule has 3 N–H and O–H groups in total. The SMILES string of the molecule is O=C(O)C=CC(=O)OCC(O)O. The molecule has 0 rings (SSSR count). The Balaban J connectivity index is 3.67. The first-order valence-electron chi connectivity index (χ1n) is 2.96. The van der Waals surface area contributed by atoms with Crippen molar-refractivity contribution in [1.29, 1.82) is 0 Å². The van der Waals surface area contributed by atoms with E-state index in [2.05, 4.69) is 4.74 Å².